The first-order valence-electron chi connectivity index (χ1n) is 7.05. The van der Waals surface area contributed by atoms with E-state index in [0.29, 0.717) is 12.1 Å². The van der Waals surface area contributed by atoms with Crippen LogP contribution < -0.4 is 5.32 Å². The molecule has 0 fully saturated rings. The number of hydrogen-bond donors (Lipinski definition) is 3. The fraction of sp³-hybridized carbons (Fsp3) is 0.467. The molecule has 1 unspecified atom stereocenters. The molecule has 2 rings (SSSR count). The summed E-state index contributed by atoms with van der Waals surface area (Å²) in [5.41, 5.74) is 1.95. The molecule has 0 aliphatic heterocycles. The zero-order valence-electron chi connectivity index (χ0n) is 12.3. The van der Waals surface area contributed by atoms with Crippen LogP contribution in [-0.2, 0) is 11.2 Å². The van der Waals surface area contributed by atoms with Crippen LogP contribution in [0.4, 0.5) is 0 Å². The highest BCUT2D eigenvalue weighted by Crippen LogP contribution is 2.22. The first-order valence-corrected chi connectivity index (χ1v) is 7.87. The zero-order chi connectivity index (χ0) is 15.2. The molecule has 0 aliphatic carbocycles. The average molecular weight is 307 g/mol. The highest BCUT2D eigenvalue weighted by atomic mass is 32.1. The molecule has 1 atom stereocenters. The maximum absolute atomic E-state index is 11.8. The monoisotopic (exact) mass is 307 g/mol. The summed E-state index contributed by atoms with van der Waals surface area (Å²) in [5, 5.41) is 12.6. The van der Waals surface area contributed by atoms with E-state index < -0.39 is 6.10 Å². The SMILES string of the molecule is Cc1cc(CCCC(=O)NCC(O)c2cnc[nH]2)c(C)s1. The Morgan fingerprint density at radius 3 is 2.95 bits per heavy atom. The number of aliphatic hydroxyl groups excluding tert-OH is 1. The fourth-order valence-corrected chi connectivity index (χ4v) is 3.21. The lowest BCUT2D eigenvalue weighted by atomic mass is 10.1. The Balaban J connectivity index is 1.67. The molecule has 6 heteroatoms. The molecule has 0 saturated carbocycles. The summed E-state index contributed by atoms with van der Waals surface area (Å²) >= 11 is 1.80. The number of carbonyl (C=O) groups is 1. The normalized spacial score (nSPS) is 12.3. The molecule has 114 valence electrons. The van der Waals surface area contributed by atoms with E-state index in [1.54, 1.807) is 17.5 Å². The van der Waals surface area contributed by atoms with E-state index in [0.717, 1.165) is 12.8 Å². The van der Waals surface area contributed by atoms with Crippen LogP contribution >= 0.6 is 11.3 Å². The minimum Gasteiger partial charge on any atom is -0.385 e. The second kappa shape index (κ2) is 7.38. The van der Waals surface area contributed by atoms with Gasteiger partial charge in [0, 0.05) is 22.7 Å². The van der Waals surface area contributed by atoms with Crippen molar-refractivity contribution in [1.82, 2.24) is 15.3 Å². The van der Waals surface area contributed by atoms with Gasteiger partial charge in [-0.25, -0.2) is 4.98 Å². The molecule has 0 bridgehead atoms. The number of aliphatic hydroxyl groups is 1. The first kappa shape index (κ1) is 15.7. The maximum atomic E-state index is 11.8. The number of thiophene rings is 1. The van der Waals surface area contributed by atoms with Crippen LogP contribution in [0, 0.1) is 13.8 Å². The standard InChI is InChI=1S/C15H21N3O2S/c1-10-6-12(11(2)21-10)4-3-5-15(20)17-8-14(19)13-7-16-9-18-13/h6-7,9,14,19H,3-5,8H2,1-2H3,(H,16,18)(H,17,20). The molecular formula is C15H21N3O2S. The molecule has 0 aliphatic rings. The molecule has 0 saturated heterocycles. The quantitative estimate of drug-likeness (QED) is 0.734. The Kier molecular flexibility index (Phi) is 5.52. The van der Waals surface area contributed by atoms with Gasteiger partial charge in [0.1, 0.15) is 6.10 Å². The predicted octanol–water partition coefficient (Wildman–Crippen LogP) is 2.26. The third-order valence-corrected chi connectivity index (χ3v) is 4.37. The van der Waals surface area contributed by atoms with Crippen molar-refractivity contribution >= 4 is 17.2 Å². The Labute approximate surface area is 128 Å². The van der Waals surface area contributed by atoms with Crippen LogP contribution in [0.5, 0.6) is 0 Å². The lowest BCUT2D eigenvalue weighted by molar-refractivity contribution is -0.121. The molecular weight excluding hydrogens is 286 g/mol. The van der Waals surface area contributed by atoms with Crippen LogP contribution in [0.25, 0.3) is 0 Å². The number of hydrogen-bond acceptors (Lipinski definition) is 4. The summed E-state index contributed by atoms with van der Waals surface area (Å²) in [7, 11) is 0. The Hall–Kier alpha value is -1.66. The summed E-state index contributed by atoms with van der Waals surface area (Å²) in [4.78, 5) is 21.1. The van der Waals surface area contributed by atoms with Gasteiger partial charge in [-0.15, -0.1) is 11.3 Å². The van der Waals surface area contributed by atoms with Crippen LogP contribution in [0.1, 0.15) is 40.0 Å². The number of aryl methyl sites for hydroxylation is 3. The van der Waals surface area contributed by atoms with Crippen molar-refractivity contribution in [2.45, 2.75) is 39.2 Å². The second-order valence-electron chi connectivity index (χ2n) is 5.12. The average Bonchev–Trinajstić information content (AvgIpc) is 3.06. The van der Waals surface area contributed by atoms with Crippen LogP contribution in [0.3, 0.4) is 0 Å². The molecule has 5 nitrogen and oxygen atoms in total. The largest absolute Gasteiger partial charge is 0.385 e. The number of amides is 1. The van der Waals surface area contributed by atoms with Crippen molar-refractivity contribution < 1.29 is 9.90 Å². The number of nitrogens with zero attached hydrogens (tertiary/aromatic N) is 1. The van der Waals surface area contributed by atoms with E-state index in [2.05, 4.69) is 35.2 Å². The van der Waals surface area contributed by atoms with Crippen molar-refractivity contribution in [3.63, 3.8) is 0 Å². The van der Waals surface area contributed by atoms with Crippen molar-refractivity contribution in [3.8, 4) is 0 Å². The number of rotatable bonds is 7. The lowest BCUT2D eigenvalue weighted by Crippen LogP contribution is -2.28. The van der Waals surface area contributed by atoms with Crippen molar-refractivity contribution in [2.75, 3.05) is 6.54 Å². The molecule has 3 N–H and O–H groups in total. The zero-order valence-corrected chi connectivity index (χ0v) is 13.2. The molecule has 2 aromatic heterocycles. The van der Waals surface area contributed by atoms with E-state index in [9.17, 15) is 9.90 Å². The number of aromatic amines is 1. The Bertz CT molecular complexity index is 578. The Morgan fingerprint density at radius 2 is 2.33 bits per heavy atom. The van der Waals surface area contributed by atoms with E-state index in [1.807, 2.05) is 0 Å². The van der Waals surface area contributed by atoms with E-state index in [4.69, 9.17) is 0 Å². The van der Waals surface area contributed by atoms with E-state index in [-0.39, 0.29) is 12.5 Å². The molecule has 0 spiro atoms. The van der Waals surface area contributed by atoms with Crippen molar-refractivity contribution in [2.24, 2.45) is 0 Å². The van der Waals surface area contributed by atoms with E-state index in [1.165, 1.54) is 21.6 Å². The van der Waals surface area contributed by atoms with Gasteiger partial charge in [0.15, 0.2) is 0 Å². The minimum absolute atomic E-state index is 0.0295. The summed E-state index contributed by atoms with van der Waals surface area (Å²) in [6.45, 7) is 4.43. The molecule has 21 heavy (non-hydrogen) atoms. The highest BCUT2D eigenvalue weighted by molar-refractivity contribution is 7.12. The van der Waals surface area contributed by atoms with Crippen molar-refractivity contribution in [1.29, 1.82) is 0 Å². The lowest BCUT2D eigenvalue weighted by Gasteiger charge is -2.10. The van der Waals surface area contributed by atoms with Gasteiger partial charge < -0.3 is 15.4 Å². The summed E-state index contributed by atoms with van der Waals surface area (Å²) in [5.74, 6) is -0.0295. The molecule has 0 radical (unpaired) electrons. The smallest absolute Gasteiger partial charge is 0.220 e. The first-order chi connectivity index (χ1) is 10.1. The van der Waals surface area contributed by atoms with Gasteiger partial charge in [0.2, 0.25) is 5.91 Å². The highest BCUT2D eigenvalue weighted by Gasteiger charge is 2.11. The van der Waals surface area contributed by atoms with Crippen molar-refractivity contribution in [3.05, 3.63) is 39.6 Å². The van der Waals surface area contributed by atoms with Crippen LogP contribution in [0.15, 0.2) is 18.6 Å². The predicted molar refractivity (Wildman–Crippen MR) is 83.3 cm³/mol. The number of imidazole rings is 1. The van der Waals surface area contributed by atoms with Crippen LogP contribution in [-0.4, -0.2) is 27.5 Å². The van der Waals surface area contributed by atoms with Gasteiger partial charge in [-0.05, 0) is 38.3 Å². The molecule has 0 aromatic carbocycles. The third kappa shape index (κ3) is 4.68. The van der Waals surface area contributed by atoms with Gasteiger partial charge >= 0.3 is 0 Å². The number of H-pyrrole nitrogens is 1. The summed E-state index contributed by atoms with van der Waals surface area (Å²) < 4.78 is 0. The van der Waals surface area contributed by atoms with Gasteiger partial charge in [0.25, 0.3) is 0 Å². The van der Waals surface area contributed by atoms with Gasteiger partial charge in [-0.2, -0.15) is 0 Å². The molecule has 2 aromatic rings. The Morgan fingerprint density at radius 1 is 1.52 bits per heavy atom. The summed E-state index contributed by atoms with van der Waals surface area (Å²) in [6.07, 6.45) is 4.54. The van der Waals surface area contributed by atoms with Crippen LogP contribution in [0.2, 0.25) is 0 Å². The third-order valence-electron chi connectivity index (χ3n) is 3.36. The maximum Gasteiger partial charge on any atom is 0.220 e. The topological polar surface area (TPSA) is 78.0 Å². The molecule has 2 heterocycles. The minimum atomic E-state index is -0.738. The number of nitrogens with one attached hydrogen (secondary N) is 2. The second-order valence-corrected chi connectivity index (χ2v) is 6.58. The fourth-order valence-electron chi connectivity index (χ4n) is 2.23. The van der Waals surface area contributed by atoms with Gasteiger partial charge in [-0.1, -0.05) is 0 Å². The number of aromatic nitrogens is 2. The van der Waals surface area contributed by atoms with Gasteiger partial charge in [0.05, 0.1) is 18.2 Å². The summed E-state index contributed by atoms with van der Waals surface area (Å²) in [6, 6.07) is 2.19. The molecule has 1 amide bonds. The van der Waals surface area contributed by atoms with E-state index >= 15 is 0 Å². The van der Waals surface area contributed by atoms with Gasteiger partial charge in [-0.3, -0.25) is 4.79 Å². The number of carbonyl (C=O) groups excluding carboxylic acids is 1.